The van der Waals surface area contributed by atoms with Crippen LogP contribution in [0.5, 0.6) is 0 Å². The third-order valence-corrected chi connectivity index (χ3v) is 8.30. The molecule has 0 radical (unpaired) electrons. The van der Waals surface area contributed by atoms with Crippen LogP contribution in [-0.2, 0) is 19.0 Å². The van der Waals surface area contributed by atoms with E-state index in [1.165, 1.54) is 146 Å². The van der Waals surface area contributed by atoms with Crippen molar-refractivity contribution < 1.29 is 28.9 Å². The molecule has 270 valence electrons. The first-order valence-electron chi connectivity index (χ1n) is 19.2. The molecule has 0 saturated carbocycles. The summed E-state index contributed by atoms with van der Waals surface area (Å²) in [6.45, 7) is 7.27. The molecule has 1 atom stereocenters. The predicted octanol–water partition coefficient (Wildman–Crippen LogP) is 9.72. The van der Waals surface area contributed by atoms with Crippen molar-refractivity contribution in [2.24, 2.45) is 0 Å². The number of nitrogens with one attached hydrogen (secondary N) is 1. The maximum Gasteiger partial charge on any atom is 0.407 e. The van der Waals surface area contributed by atoms with Crippen LogP contribution in [0.3, 0.4) is 0 Å². The molecule has 1 unspecified atom stereocenters. The summed E-state index contributed by atoms with van der Waals surface area (Å²) < 4.78 is 17.5. The molecule has 1 amide bonds. The zero-order chi connectivity index (χ0) is 32.9. The first-order valence-corrected chi connectivity index (χ1v) is 19.2. The Morgan fingerprint density at radius 3 is 1.51 bits per heavy atom. The Balaban J connectivity index is 4.04. The molecule has 2 N–H and O–H groups in total. The van der Waals surface area contributed by atoms with Gasteiger partial charge in [0.05, 0.1) is 13.2 Å². The second-order valence-electron chi connectivity index (χ2n) is 12.8. The van der Waals surface area contributed by atoms with E-state index < -0.39 is 6.09 Å². The molecular weight excluding hydrogens is 568 g/mol. The van der Waals surface area contributed by atoms with Crippen molar-refractivity contribution in [3.8, 4) is 0 Å². The van der Waals surface area contributed by atoms with Crippen LogP contribution < -0.4 is 5.32 Å². The lowest BCUT2D eigenvalue weighted by atomic mass is 10.1. The number of carbonyl (C=O) groups excluding carboxylic acids is 1. The van der Waals surface area contributed by atoms with Gasteiger partial charge in [-0.2, -0.15) is 5.06 Å². The smallest absolute Gasteiger partial charge is 0.407 e. The van der Waals surface area contributed by atoms with E-state index in [-0.39, 0.29) is 19.4 Å². The van der Waals surface area contributed by atoms with E-state index in [0.29, 0.717) is 32.8 Å². The van der Waals surface area contributed by atoms with Gasteiger partial charge in [0.15, 0.2) is 0 Å². The van der Waals surface area contributed by atoms with E-state index >= 15 is 0 Å². The fraction of sp³-hybridized carbons (Fsp3) is 0.973. The molecule has 8 nitrogen and oxygen atoms in total. The Morgan fingerprint density at radius 2 is 1.04 bits per heavy atom. The molecule has 0 aromatic rings. The molecule has 0 fully saturated rings. The van der Waals surface area contributed by atoms with Gasteiger partial charge in [0.1, 0.15) is 19.4 Å². The van der Waals surface area contributed by atoms with Crippen molar-refractivity contribution in [2.45, 2.75) is 180 Å². The van der Waals surface area contributed by atoms with Gasteiger partial charge in [-0.1, -0.05) is 155 Å². The second-order valence-corrected chi connectivity index (χ2v) is 12.8. The van der Waals surface area contributed by atoms with Crippen molar-refractivity contribution in [2.75, 3.05) is 53.4 Å². The molecule has 0 bridgehead atoms. The third-order valence-electron chi connectivity index (χ3n) is 8.30. The van der Waals surface area contributed by atoms with Crippen molar-refractivity contribution in [3.05, 3.63) is 0 Å². The number of ether oxygens (including phenoxy) is 3. The highest BCUT2D eigenvalue weighted by atomic mass is 16.7. The summed E-state index contributed by atoms with van der Waals surface area (Å²) in [7, 11) is 1.65. The van der Waals surface area contributed by atoms with E-state index in [1.54, 1.807) is 7.05 Å². The molecule has 0 aliphatic carbocycles. The van der Waals surface area contributed by atoms with Crippen molar-refractivity contribution >= 4 is 6.09 Å². The van der Waals surface area contributed by atoms with Gasteiger partial charge < -0.3 is 24.6 Å². The average molecular weight is 645 g/mol. The standard InChI is InChI=1S/C37H76N2O6/c1-4-6-8-10-12-14-16-18-20-22-24-26-30-42-33-36(34-44-37(41)38-29-28-32-45-39(3)35-40)43-31-27-25-23-21-19-17-15-13-11-9-7-5-2/h36,40H,4-35H2,1-3H3,(H,38,41). The number of hydrogen-bond acceptors (Lipinski definition) is 7. The number of carbonyl (C=O) groups is 1. The van der Waals surface area contributed by atoms with Crippen molar-refractivity contribution in [3.63, 3.8) is 0 Å². The van der Waals surface area contributed by atoms with Gasteiger partial charge in [-0.3, -0.25) is 4.84 Å². The lowest BCUT2D eigenvalue weighted by molar-refractivity contribution is -0.178. The molecule has 0 aliphatic heterocycles. The molecule has 0 aliphatic rings. The largest absolute Gasteiger partial charge is 0.447 e. The van der Waals surface area contributed by atoms with Gasteiger partial charge in [-0.25, -0.2) is 4.79 Å². The van der Waals surface area contributed by atoms with E-state index in [9.17, 15) is 4.79 Å². The first kappa shape index (κ1) is 44.1. The number of hydrogen-bond donors (Lipinski definition) is 2. The van der Waals surface area contributed by atoms with E-state index in [2.05, 4.69) is 19.2 Å². The van der Waals surface area contributed by atoms with Crippen molar-refractivity contribution in [1.82, 2.24) is 10.4 Å². The number of nitrogens with zero attached hydrogens (tertiary/aromatic N) is 1. The molecule has 0 spiro atoms. The van der Waals surface area contributed by atoms with E-state index in [4.69, 9.17) is 24.2 Å². The fourth-order valence-electron chi connectivity index (χ4n) is 5.34. The summed E-state index contributed by atoms with van der Waals surface area (Å²) in [5.41, 5.74) is 0. The van der Waals surface area contributed by atoms with Gasteiger partial charge in [-0.15, -0.1) is 0 Å². The lowest BCUT2D eigenvalue weighted by Gasteiger charge is -2.18. The minimum Gasteiger partial charge on any atom is -0.447 e. The zero-order valence-corrected chi connectivity index (χ0v) is 30.1. The fourth-order valence-corrected chi connectivity index (χ4v) is 5.34. The highest BCUT2D eigenvalue weighted by Gasteiger charge is 2.13. The van der Waals surface area contributed by atoms with Gasteiger partial charge in [0.2, 0.25) is 0 Å². The number of alkyl carbamates (subject to hydrolysis) is 1. The van der Waals surface area contributed by atoms with Crippen LogP contribution in [0.25, 0.3) is 0 Å². The number of aliphatic hydroxyl groups is 1. The number of amides is 1. The maximum atomic E-state index is 12.2. The van der Waals surface area contributed by atoms with Crippen LogP contribution in [0.15, 0.2) is 0 Å². The van der Waals surface area contributed by atoms with Crippen LogP contribution in [0.2, 0.25) is 0 Å². The molecular formula is C37H76N2O6. The van der Waals surface area contributed by atoms with Gasteiger partial charge >= 0.3 is 6.09 Å². The Morgan fingerprint density at radius 1 is 0.600 bits per heavy atom. The highest BCUT2D eigenvalue weighted by molar-refractivity contribution is 5.67. The van der Waals surface area contributed by atoms with E-state index in [1.807, 2.05) is 0 Å². The monoisotopic (exact) mass is 645 g/mol. The minimum absolute atomic E-state index is 0.169. The summed E-state index contributed by atoms with van der Waals surface area (Å²) in [6, 6.07) is 0. The summed E-state index contributed by atoms with van der Waals surface area (Å²) in [6.07, 6.45) is 31.6. The lowest BCUT2D eigenvalue weighted by Crippen LogP contribution is -2.33. The molecule has 0 aromatic carbocycles. The summed E-state index contributed by atoms with van der Waals surface area (Å²) >= 11 is 0. The minimum atomic E-state index is -0.453. The molecule has 0 heterocycles. The van der Waals surface area contributed by atoms with E-state index in [0.717, 1.165) is 19.4 Å². The number of aliphatic hydroxyl groups excluding tert-OH is 1. The Labute approximate surface area is 279 Å². The first-order chi connectivity index (χ1) is 22.1. The quantitative estimate of drug-likeness (QED) is 0.0395. The van der Waals surface area contributed by atoms with Gasteiger partial charge in [0, 0.05) is 26.8 Å². The predicted molar refractivity (Wildman–Crippen MR) is 187 cm³/mol. The Kier molecular flexibility index (Phi) is 36.8. The van der Waals surface area contributed by atoms with Crippen molar-refractivity contribution in [1.29, 1.82) is 0 Å². The zero-order valence-electron chi connectivity index (χ0n) is 30.1. The molecule has 0 aromatic heterocycles. The topological polar surface area (TPSA) is 89.5 Å². The summed E-state index contributed by atoms with van der Waals surface area (Å²) in [5, 5.41) is 13.0. The molecule has 45 heavy (non-hydrogen) atoms. The SMILES string of the molecule is CCCCCCCCCCCCCCOCC(COC(=O)NCCCON(C)CO)OCCCCCCCCCCCCCC. The third kappa shape index (κ3) is 35.8. The Hall–Kier alpha value is -0.930. The van der Waals surface area contributed by atoms with Gasteiger partial charge in [-0.05, 0) is 19.3 Å². The number of rotatable bonds is 37. The normalized spacial score (nSPS) is 12.2. The molecule has 0 rings (SSSR count). The van der Waals surface area contributed by atoms with Crippen LogP contribution in [0, 0.1) is 0 Å². The molecule has 0 saturated heterocycles. The van der Waals surface area contributed by atoms with Crippen LogP contribution in [0.1, 0.15) is 174 Å². The summed E-state index contributed by atoms with van der Waals surface area (Å²) in [4.78, 5) is 17.4. The highest BCUT2D eigenvalue weighted by Crippen LogP contribution is 2.13. The maximum absolute atomic E-state index is 12.2. The van der Waals surface area contributed by atoms with Crippen LogP contribution >= 0.6 is 0 Å². The van der Waals surface area contributed by atoms with Gasteiger partial charge in [0.25, 0.3) is 0 Å². The number of unbranched alkanes of at least 4 members (excludes halogenated alkanes) is 22. The molecule has 8 heteroatoms. The van der Waals surface area contributed by atoms with Crippen LogP contribution in [-0.4, -0.2) is 75.7 Å². The van der Waals surface area contributed by atoms with Crippen LogP contribution in [0.4, 0.5) is 4.79 Å². The number of hydroxylamine groups is 2. The summed E-state index contributed by atoms with van der Waals surface area (Å²) in [5.74, 6) is 0. The second kappa shape index (κ2) is 37.5. The average Bonchev–Trinajstić information content (AvgIpc) is 3.05. The Bertz CT molecular complexity index is 583.